The van der Waals surface area contributed by atoms with E-state index in [1.54, 1.807) is 24.3 Å². The average molecular weight is 373 g/mol. The number of anilines is 1. The molecule has 146 valence electrons. The smallest absolute Gasteiger partial charge is 0.338 e. The molecule has 2 saturated heterocycles. The van der Waals surface area contributed by atoms with Crippen molar-refractivity contribution in [3.63, 3.8) is 0 Å². The molecule has 0 bridgehead atoms. The summed E-state index contributed by atoms with van der Waals surface area (Å²) in [7, 11) is 2.06. The van der Waals surface area contributed by atoms with Gasteiger partial charge < -0.3 is 9.64 Å². The van der Waals surface area contributed by atoms with Crippen molar-refractivity contribution < 1.29 is 19.1 Å². The van der Waals surface area contributed by atoms with Gasteiger partial charge in [0.1, 0.15) is 0 Å². The van der Waals surface area contributed by atoms with E-state index in [0.29, 0.717) is 17.9 Å². The highest BCUT2D eigenvalue weighted by Crippen LogP contribution is 2.26. The van der Waals surface area contributed by atoms with Gasteiger partial charge in [0.25, 0.3) is 5.91 Å². The third-order valence-corrected chi connectivity index (χ3v) is 5.19. The average Bonchev–Trinajstić information content (AvgIpc) is 2.97. The molecule has 27 heavy (non-hydrogen) atoms. The largest absolute Gasteiger partial charge is 0.462 e. The summed E-state index contributed by atoms with van der Waals surface area (Å²) in [5, 5.41) is 0. The molecular weight excluding hydrogens is 346 g/mol. The Kier molecular flexibility index (Phi) is 6.23. The van der Waals surface area contributed by atoms with Crippen molar-refractivity contribution in [1.82, 2.24) is 9.80 Å². The number of hydrogen-bond donors (Lipinski definition) is 0. The summed E-state index contributed by atoms with van der Waals surface area (Å²) >= 11 is 0. The van der Waals surface area contributed by atoms with Crippen molar-refractivity contribution in [3.05, 3.63) is 29.8 Å². The Hall–Kier alpha value is -2.25. The van der Waals surface area contributed by atoms with Crippen LogP contribution in [0.4, 0.5) is 5.69 Å². The Morgan fingerprint density at radius 3 is 2.41 bits per heavy atom. The van der Waals surface area contributed by atoms with Gasteiger partial charge in [-0.25, -0.2) is 9.69 Å². The van der Waals surface area contributed by atoms with Crippen molar-refractivity contribution in [2.45, 2.75) is 32.2 Å². The van der Waals surface area contributed by atoms with Crippen LogP contribution in [-0.2, 0) is 14.3 Å². The molecule has 0 spiro atoms. The van der Waals surface area contributed by atoms with Gasteiger partial charge in [-0.2, -0.15) is 0 Å². The predicted octanol–water partition coefficient (Wildman–Crippen LogP) is 1.52. The maximum Gasteiger partial charge on any atom is 0.338 e. The SMILES string of the molecule is CCCCOC(=O)c1ccc(N2C(=O)C[C@@H](N3CCN(C)CC3)C2=O)cc1. The molecule has 1 aromatic carbocycles. The van der Waals surface area contributed by atoms with Crippen LogP contribution in [0, 0.1) is 0 Å². The molecule has 0 radical (unpaired) electrons. The molecular formula is C20H27N3O4. The van der Waals surface area contributed by atoms with Crippen molar-refractivity contribution in [2.24, 2.45) is 0 Å². The van der Waals surface area contributed by atoms with Crippen LogP contribution in [0.15, 0.2) is 24.3 Å². The number of imide groups is 1. The molecule has 0 unspecified atom stereocenters. The second kappa shape index (κ2) is 8.63. The van der Waals surface area contributed by atoms with Crippen LogP contribution < -0.4 is 4.90 Å². The molecule has 0 saturated carbocycles. The maximum atomic E-state index is 12.8. The fourth-order valence-electron chi connectivity index (χ4n) is 3.45. The molecule has 0 aliphatic carbocycles. The number of likely N-dealkylation sites (N-methyl/N-ethyl adjacent to an activating group) is 1. The van der Waals surface area contributed by atoms with Gasteiger partial charge in [-0.05, 0) is 37.7 Å². The van der Waals surface area contributed by atoms with Gasteiger partial charge in [0, 0.05) is 26.2 Å². The summed E-state index contributed by atoms with van der Waals surface area (Å²) < 4.78 is 5.18. The Bertz CT molecular complexity index is 696. The lowest BCUT2D eigenvalue weighted by molar-refractivity contribution is -0.123. The zero-order chi connectivity index (χ0) is 19.4. The minimum atomic E-state index is -0.385. The maximum absolute atomic E-state index is 12.8. The molecule has 0 N–H and O–H groups in total. The minimum absolute atomic E-state index is 0.178. The highest BCUT2D eigenvalue weighted by atomic mass is 16.5. The van der Waals surface area contributed by atoms with Gasteiger partial charge in [0.2, 0.25) is 5.91 Å². The molecule has 2 fully saturated rings. The number of amides is 2. The number of carbonyl (C=O) groups excluding carboxylic acids is 3. The lowest BCUT2D eigenvalue weighted by Gasteiger charge is -2.35. The number of esters is 1. The van der Waals surface area contributed by atoms with Crippen LogP contribution in [0.2, 0.25) is 0 Å². The Balaban J connectivity index is 1.66. The number of carbonyl (C=O) groups is 3. The van der Waals surface area contributed by atoms with E-state index in [1.165, 1.54) is 4.90 Å². The van der Waals surface area contributed by atoms with Crippen molar-refractivity contribution in [2.75, 3.05) is 44.7 Å². The predicted molar refractivity (Wildman–Crippen MR) is 102 cm³/mol. The Morgan fingerprint density at radius 1 is 1.11 bits per heavy atom. The molecule has 1 atom stereocenters. The van der Waals surface area contributed by atoms with E-state index >= 15 is 0 Å². The second-order valence-corrected chi connectivity index (χ2v) is 7.16. The molecule has 7 nitrogen and oxygen atoms in total. The molecule has 2 aliphatic heterocycles. The van der Waals surface area contributed by atoms with Crippen LogP contribution >= 0.6 is 0 Å². The number of ether oxygens (including phenoxy) is 1. The molecule has 0 aromatic heterocycles. The lowest BCUT2D eigenvalue weighted by Crippen LogP contribution is -2.51. The third kappa shape index (κ3) is 4.36. The van der Waals surface area contributed by atoms with Gasteiger partial charge in [-0.15, -0.1) is 0 Å². The first-order valence-corrected chi connectivity index (χ1v) is 9.58. The summed E-state index contributed by atoms with van der Waals surface area (Å²) in [6.07, 6.45) is 2.00. The van der Waals surface area contributed by atoms with Crippen LogP contribution in [0.1, 0.15) is 36.5 Å². The molecule has 2 heterocycles. The first-order chi connectivity index (χ1) is 13.0. The highest BCUT2D eigenvalue weighted by molar-refractivity contribution is 6.22. The normalized spacial score (nSPS) is 21.7. The Morgan fingerprint density at radius 2 is 1.78 bits per heavy atom. The zero-order valence-corrected chi connectivity index (χ0v) is 16.0. The van der Waals surface area contributed by atoms with E-state index in [1.807, 2.05) is 6.92 Å². The van der Waals surface area contributed by atoms with Crippen LogP contribution in [0.3, 0.4) is 0 Å². The number of hydrogen-bond acceptors (Lipinski definition) is 6. The number of benzene rings is 1. The molecule has 2 amide bonds. The van der Waals surface area contributed by atoms with Crippen LogP contribution in [0.5, 0.6) is 0 Å². The van der Waals surface area contributed by atoms with Crippen molar-refractivity contribution >= 4 is 23.5 Å². The third-order valence-electron chi connectivity index (χ3n) is 5.19. The van der Waals surface area contributed by atoms with Gasteiger partial charge in [0.15, 0.2) is 0 Å². The fourth-order valence-corrected chi connectivity index (χ4v) is 3.45. The van der Waals surface area contributed by atoms with Gasteiger partial charge in [-0.3, -0.25) is 14.5 Å². The molecule has 2 aliphatic rings. The van der Waals surface area contributed by atoms with Gasteiger partial charge in [0.05, 0.1) is 30.3 Å². The van der Waals surface area contributed by atoms with Crippen molar-refractivity contribution in [3.8, 4) is 0 Å². The first-order valence-electron chi connectivity index (χ1n) is 9.58. The topological polar surface area (TPSA) is 70.2 Å². The van der Waals surface area contributed by atoms with Crippen molar-refractivity contribution in [1.29, 1.82) is 0 Å². The van der Waals surface area contributed by atoms with E-state index in [2.05, 4.69) is 16.8 Å². The van der Waals surface area contributed by atoms with Gasteiger partial charge in [-0.1, -0.05) is 13.3 Å². The first kappa shape index (κ1) is 19.5. The minimum Gasteiger partial charge on any atom is -0.462 e. The summed E-state index contributed by atoms with van der Waals surface area (Å²) in [6.45, 7) is 5.79. The molecule has 1 aromatic rings. The van der Waals surface area contributed by atoms with E-state index < -0.39 is 0 Å². The molecule has 3 rings (SSSR count). The van der Waals surface area contributed by atoms with Gasteiger partial charge >= 0.3 is 5.97 Å². The van der Waals surface area contributed by atoms with E-state index in [4.69, 9.17) is 4.74 Å². The standard InChI is InChI=1S/C20H27N3O4/c1-3-4-13-27-20(26)15-5-7-16(8-6-15)23-18(24)14-17(19(23)25)22-11-9-21(2)10-12-22/h5-8,17H,3-4,9-14H2,1-2H3/t17-/m1/s1. The summed E-state index contributed by atoms with van der Waals surface area (Å²) in [5.41, 5.74) is 0.927. The second-order valence-electron chi connectivity index (χ2n) is 7.16. The summed E-state index contributed by atoms with van der Waals surface area (Å²) in [6, 6.07) is 6.10. The monoisotopic (exact) mass is 373 g/mol. The quantitative estimate of drug-likeness (QED) is 0.428. The summed E-state index contributed by atoms with van der Waals surface area (Å²) in [4.78, 5) is 42.9. The van der Waals surface area contributed by atoms with Crippen LogP contribution in [0.25, 0.3) is 0 Å². The highest BCUT2D eigenvalue weighted by Gasteiger charge is 2.43. The van der Waals surface area contributed by atoms with E-state index in [-0.39, 0.29) is 30.2 Å². The number of nitrogens with zero attached hydrogens (tertiary/aromatic N) is 3. The lowest BCUT2D eigenvalue weighted by atomic mass is 10.1. The van der Waals surface area contributed by atoms with E-state index in [9.17, 15) is 14.4 Å². The number of unbranched alkanes of at least 4 members (excludes halogenated alkanes) is 1. The molecule has 7 heteroatoms. The number of piperazine rings is 1. The Labute approximate surface area is 159 Å². The fraction of sp³-hybridized carbons (Fsp3) is 0.550. The van der Waals surface area contributed by atoms with E-state index in [0.717, 1.165) is 39.0 Å². The number of rotatable bonds is 6. The van der Waals surface area contributed by atoms with Crippen LogP contribution in [-0.4, -0.2) is 73.5 Å². The zero-order valence-electron chi connectivity index (χ0n) is 16.0. The summed E-state index contributed by atoms with van der Waals surface area (Å²) in [5.74, 6) is -0.755.